The van der Waals surface area contributed by atoms with E-state index in [1.165, 1.54) is 5.56 Å². The minimum absolute atomic E-state index is 0.519. The van der Waals surface area contributed by atoms with Gasteiger partial charge in [-0.2, -0.15) is 0 Å². The molecule has 1 N–H and O–H groups in total. The highest BCUT2D eigenvalue weighted by Crippen LogP contribution is 2.24. The first kappa shape index (κ1) is 18.9. The summed E-state index contributed by atoms with van der Waals surface area (Å²) in [6, 6.07) is 26.8. The van der Waals surface area contributed by atoms with Crippen LogP contribution in [0.4, 0.5) is 5.69 Å². The Morgan fingerprint density at radius 2 is 1.57 bits per heavy atom. The van der Waals surface area contributed by atoms with Crippen LogP contribution in [0.5, 0.6) is 11.5 Å². The zero-order chi connectivity index (χ0) is 19.2. The summed E-state index contributed by atoms with van der Waals surface area (Å²) in [5.41, 5.74) is 2.44. The minimum atomic E-state index is 0.519. The van der Waals surface area contributed by atoms with Crippen molar-refractivity contribution in [3.8, 4) is 11.5 Å². The fraction of sp³-hybridized carbons (Fsp3) is 0.250. The highest BCUT2D eigenvalue weighted by atomic mass is 35.5. The number of likely N-dealkylation sites (tertiary alicyclic amines) is 1. The number of nitrogens with zero attached hydrogens (tertiary/aromatic N) is 1. The average molecular weight is 393 g/mol. The van der Waals surface area contributed by atoms with Crippen LogP contribution in [0.2, 0.25) is 5.02 Å². The Morgan fingerprint density at radius 1 is 0.857 bits per heavy atom. The zero-order valence-electron chi connectivity index (χ0n) is 15.9. The highest BCUT2D eigenvalue weighted by molar-refractivity contribution is 6.30. The van der Waals surface area contributed by atoms with E-state index in [9.17, 15) is 0 Å². The van der Waals surface area contributed by atoms with Crippen LogP contribution in [-0.4, -0.2) is 24.0 Å². The normalized spacial score (nSPS) is 15.3. The summed E-state index contributed by atoms with van der Waals surface area (Å²) in [6.07, 6.45) is 2.28. The number of rotatable bonds is 6. The maximum absolute atomic E-state index is 5.96. The van der Waals surface area contributed by atoms with Crippen molar-refractivity contribution < 1.29 is 4.74 Å². The van der Waals surface area contributed by atoms with Gasteiger partial charge >= 0.3 is 0 Å². The van der Waals surface area contributed by atoms with Gasteiger partial charge in [-0.05, 0) is 66.9 Å². The Balaban J connectivity index is 1.28. The Bertz CT molecular complexity index is 875. The van der Waals surface area contributed by atoms with Crippen LogP contribution in [0, 0.1) is 0 Å². The third-order valence-corrected chi connectivity index (χ3v) is 5.34. The van der Waals surface area contributed by atoms with E-state index in [4.69, 9.17) is 16.3 Å². The summed E-state index contributed by atoms with van der Waals surface area (Å²) in [5.74, 6) is 1.76. The van der Waals surface area contributed by atoms with Gasteiger partial charge in [0.15, 0.2) is 0 Å². The van der Waals surface area contributed by atoms with Crippen molar-refractivity contribution >= 4 is 17.3 Å². The van der Waals surface area contributed by atoms with Crippen molar-refractivity contribution in [3.05, 3.63) is 89.4 Å². The molecule has 0 aromatic heterocycles. The molecule has 4 rings (SSSR count). The fourth-order valence-corrected chi connectivity index (χ4v) is 3.73. The van der Waals surface area contributed by atoms with Gasteiger partial charge in [-0.25, -0.2) is 0 Å². The molecule has 4 heteroatoms. The molecule has 0 unspecified atom stereocenters. The summed E-state index contributed by atoms with van der Waals surface area (Å²) >= 11 is 5.96. The van der Waals surface area contributed by atoms with E-state index >= 15 is 0 Å². The topological polar surface area (TPSA) is 24.5 Å². The molecule has 0 saturated carbocycles. The lowest BCUT2D eigenvalue weighted by atomic mass is 10.0. The van der Waals surface area contributed by atoms with Gasteiger partial charge < -0.3 is 10.1 Å². The predicted octanol–water partition coefficient (Wildman–Crippen LogP) is 6.21. The summed E-state index contributed by atoms with van der Waals surface area (Å²) in [5, 5.41) is 4.40. The number of benzene rings is 3. The van der Waals surface area contributed by atoms with Crippen LogP contribution >= 0.6 is 11.6 Å². The largest absolute Gasteiger partial charge is 0.457 e. The molecule has 3 nitrogen and oxygen atoms in total. The molecular formula is C24H25ClN2O. The molecule has 0 bridgehead atoms. The number of piperidine rings is 1. The lowest BCUT2D eigenvalue weighted by Gasteiger charge is -2.33. The van der Waals surface area contributed by atoms with Crippen LogP contribution in [0.3, 0.4) is 0 Å². The zero-order valence-corrected chi connectivity index (χ0v) is 16.6. The van der Waals surface area contributed by atoms with Gasteiger partial charge in [0.1, 0.15) is 11.5 Å². The molecule has 3 aromatic rings. The van der Waals surface area contributed by atoms with Crippen LogP contribution in [0.25, 0.3) is 0 Å². The van der Waals surface area contributed by atoms with Gasteiger partial charge in [-0.1, -0.05) is 41.9 Å². The second-order valence-corrected chi connectivity index (χ2v) is 7.70. The first-order valence-electron chi connectivity index (χ1n) is 9.81. The van der Waals surface area contributed by atoms with E-state index in [-0.39, 0.29) is 0 Å². The SMILES string of the molecule is Clc1ccc(NC2CCN(Cc3cccc(Oc4ccccc4)c3)CC2)cc1. The summed E-state index contributed by atoms with van der Waals surface area (Å²) < 4.78 is 5.96. The maximum atomic E-state index is 5.96. The first-order valence-corrected chi connectivity index (χ1v) is 10.2. The molecule has 1 aliphatic rings. The summed E-state index contributed by atoms with van der Waals surface area (Å²) in [4.78, 5) is 2.52. The average Bonchev–Trinajstić information content (AvgIpc) is 2.72. The molecule has 0 aliphatic carbocycles. The van der Waals surface area contributed by atoms with E-state index in [1.807, 2.05) is 60.7 Å². The van der Waals surface area contributed by atoms with E-state index < -0.39 is 0 Å². The summed E-state index contributed by atoms with van der Waals surface area (Å²) in [6.45, 7) is 3.14. The Hall–Kier alpha value is -2.49. The number of hydrogen-bond acceptors (Lipinski definition) is 3. The molecule has 144 valence electrons. The van der Waals surface area contributed by atoms with E-state index in [1.54, 1.807) is 0 Å². The second-order valence-electron chi connectivity index (χ2n) is 7.26. The standard InChI is InChI=1S/C24H25ClN2O/c25-20-9-11-21(12-10-20)26-22-13-15-27(16-14-22)18-19-5-4-8-24(17-19)28-23-6-2-1-3-7-23/h1-12,17,22,26H,13-16,18H2. The third kappa shape index (κ3) is 5.28. The Kier molecular flexibility index (Phi) is 6.15. The highest BCUT2D eigenvalue weighted by Gasteiger charge is 2.19. The quantitative estimate of drug-likeness (QED) is 0.539. The molecule has 1 fully saturated rings. The number of halogens is 1. The van der Waals surface area contributed by atoms with Crippen LogP contribution in [0.15, 0.2) is 78.9 Å². The van der Waals surface area contributed by atoms with E-state index in [0.717, 1.165) is 54.7 Å². The van der Waals surface area contributed by atoms with Crippen molar-refractivity contribution in [2.45, 2.75) is 25.4 Å². The van der Waals surface area contributed by atoms with Gasteiger partial charge in [-0.3, -0.25) is 4.90 Å². The van der Waals surface area contributed by atoms with Crippen molar-refractivity contribution in [2.75, 3.05) is 18.4 Å². The van der Waals surface area contributed by atoms with Crippen molar-refractivity contribution in [1.82, 2.24) is 4.90 Å². The molecular weight excluding hydrogens is 368 g/mol. The molecule has 0 amide bonds. The Labute approximate surface area is 171 Å². The monoisotopic (exact) mass is 392 g/mol. The molecule has 1 aliphatic heterocycles. The Morgan fingerprint density at radius 3 is 2.32 bits per heavy atom. The van der Waals surface area contributed by atoms with Gasteiger partial charge in [0.25, 0.3) is 0 Å². The van der Waals surface area contributed by atoms with E-state index in [0.29, 0.717) is 6.04 Å². The minimum Gasteiger partial charge on any atom is -0.457 e. The third-order valence-electron chi connectivity index (χ3n) is 5.09. The van der Waals surface area contributed by atoms with Crippen molar-refractivity contribution in [2.24, 2.45) is 0 Å². The predicted molar refractivity (Wildman–Crippen MR) is 116 cm³/mol. The lowest BCUT2D eigenvalue weighted by Crippen LogP contribution is -2.38. The van der Waals surface area contributed by atoms with Crippen molar-refractivity contribution in [3.63, 3.8) is 0 Å². The fourth-order valence-electron chi connectivity index (χ4n) is 3.61. The number of para-hydroxylation sites is 1. The first-order chi connectivity index (χ1) is 13.7. The molecule has 28 heavy (non-hydrogen) atoms. The molecule has 1 heterocycles. The second kappa shape index (κ2) is 9.13. The molecule has 3 aromatic carbocycles. The van der Waals surface area contributed by atoms with Crippen LogP contribution in [0.1, 0.15) is 18.4 Å². The molecule has 0 spiro atoms. The van der Waals surface area contributed by atoms with Gasteiger partial charge in [0.2, 0.25) is 0 Å². The number of ether oxygens (including phenoxy) is 1. The number of nitrogens with one attached hydrogen (secondary N) is 1. The number of hydrogen-bond donors (Lipinski definition) is 1. The van der Waals surface area contributed by atoms with Gasteiger partial charge in [-0.15, -0.1) is 0 Å². The van der Waals surface area contributed by atoms with E-state index in [2.05, 4.69) is 28.4 Å². The van der Waals surface area contributed by atoms with Crippen LogP contribution < -0.4 is 10.1 Å². The van der Waals surface area contributed by atoms with Gasteiger partial charge in [0, 0.05) is 36.4 Å². The smallest absolute Gasteiger partial charge is 0.127 e. The lowest BCUT2D eigenvalue weighted by molar-refractivity contribution is 0.211. The summed E-state index contributed by atoms with van der Waals surface area (Å²) in [7, 11) is 0. The number of anilines is 1. The molecule has 0 atom stereocenters. The maximum Gasteiger partial charge on any atom is 0.127 e. The molecule has 0 radical (unpaired) electrons. The molecule has 1 saturated heterocycles. The van der Waals surface area contributed by atoms with Gasteiger partial charge in [0.05, 0.1) is 0 Å². The van der Waals surface area contributed by atoms with Crippen molar-refractivity contribution in [1.29, 1.82) is 0 Å². The van der Waals surface area contributed by atoms with Crippen LogP contribution in [-0.2, 0) is 6.54 Å².